The molecule has 0 unspecified atom stereocenters. The zero-order chi connectivity index (χ0) is 27.5. The molecule has 7 nitrogen and oxygen atoms in total. The van der Waals surface area contributed by atoms with Crippen LogP contribution in [0, 0.1) is 5.92 Å². The molecular formula is C33H41N5O2. The third kappa shape index (κ3) is 5.39. The maximum absolute atomic E-state index is 13.6. The summed E-state index contributed by atoms with van der Waals surface area (Å²) in [6.45, 7) is 1.98. The van der Waals surface area contributed by atoms with E-state index >= 15 is 0 Å². The molecule has 3 aliphatic rings. The number of fused-ring (bicyclic) bond motifs is 3. The number of nitrogens with one attached hydrogen (secondary N) is 4. The fraction of sp³-hybridized carbons (Fsp3) is 0.455. The smallest absolute Gasteiger partial charge is 0.318 e. The second kappa shape index (κ2) is 11.5. The van der Waals surface area contributed by atoms with E-state index in [0.717, 1.165) is 42.1 Å². The first-order valence-electron chi connectivity index (χ1n) is 14.9. The fourth-order valence-electron chi connectivity index (χ4n) is 7.06. The first-order chi connectivity index (χ1) is 19.5. The first-order valence-corrected chi connectivity index (χ1v) is 14.9. The van der Waals surface area contributed by atoms with Crippen LogP contribution in [0.3, 0.4) is 0 Å². The van der Waals surface area contributed by atoms with Crippen LogP contribution in [0.2, 0.25) is 0 Å². The minimum atomic E-state index is -0.640. The Morgan fingerprint density at radius 1 is 1.07 bits per heavy atom. The average Bonchev–Trinajstić information content (AvgIpc) is 3.57. The summed E-state index contributed by atoms with van der Waals surface area (Å²) in [5.41, 5.74) is 4.74. The van der Waals surface area contributed by atoms with E-state index in [-0.39, 0.29) is 17.4 Å². The van der Waals surface area contributed by atoms with E-state index in [4.69, 9.17) is 0 Å². The van der Waals surface area contributed by atoms with Crippen molar-refractivity contribution in [2.45, 2.75) is 62.4 Å². The summed E-state index contributed by atoms with van der Waals surface area (Å²) < 4.78 is 0. The van der Waals surface area contributed by atoms with Gasteiger partial charge in [-0.15, -0.1) is 0 Å². The molecule has 3 amide bonds. The molecule has 1 saturated heterocycles. The number of urea groups is 1. The molecule has 0 bridgehead atoms. The van der Waals surface area contributed by atoms with Crippen LogP contribution >= 0.6 is 0 Å². The highest BCUT2D eigenvalue weighted by molar-refractivity contribution is 5.89. The van der Waals surface area contributed by atoms with Gasteiger partial charge in [-0.2, -0.15) is 0 Å². The molecule has 0 radical (unpaired) electrons. The van der Waals surface area contributed by atoms with Gasteiger partial charge in [0.15, 0.2) is 0 Å². The number of benzene rings is 2. The Hall–Kier alpha value is -3.58. The second-order valence-electron chi connectivity index (χ2n) is 11.9. The van der Waals surface area contributed by atoms with Crippen LogP contribution in [0.15, 0.2) is 60.8 Å². The molecule has 3 aromatic rings. The van der Waals surface area contributed by atoms with Crippen molar-refractivity contribution in [2.75, 3.05) is 26.7 Å². The Kier molecular flexibility index (Phi) is 7.65. The van der Waals surface area contributed by atoms with Crippen molar-refractivity contribution in [2.24, 2.45) is 5.92 Å². The quantitative estimate of drug-likeness (QED) is 0.350. The van der Waals surface area contributed by atoms with Gasteiger partial charge in [-0.3, -0.25) is 4.79 Å². The minimum absolute atomic E-state index is 0.0133. The molecule has 6 rings (SSSR count). The van der Waals surface area contributed by atoms with Crippen LogP contribution in [0.1, 0.15) is 55.2 Å². The Bertz CT molecular complexity index is 1390. The van der Waals surface area contributed by atoms with Gasteiger partial charge in [0.25, 0.3) is 0 Å². The lowest BCUT2D eigenvalue weighted by Crippen LogP contribution is -2.55. The monoisotopic (exact) mass is 539 g/mol. The number of carbonyl (C=O) groups excluding carboxylic acids is 2. The topological polar surface area (TPSA) is 89.3 Å². The summed E-state index contributed by atoms with van der Waals surface area (Å²) in [6, 6.07) is 16.4. The molecule has 7 heteroatoms. The number of carbonyl (C=O) groups is 2. The molecule has 4 N–H and O–H groups in total. The van der Waals surface area contributed by atoms with Crippen LogP contribution in [0.4, 0.5) is 4.79 Å². The number of nitrogens with zero attached hydrogens (tertiary/aromatic N) is 1. The van der Waals surface area contributed by atoms with Gasteiger partial charge in [0.1, 0.15) is 6.04 Å². The lowest BCUT2D eigenvalue weighted by atomic mass is 9.74. The lowest BCUT2D eigenvalue weighted by Gasteiger charge is -2.39. The third-order valence-electron chi connectivity index (χ3n) is 9.49. The van der Waals surface area contributed by atoms with Crippen molar-refractivity contribution >= 4 is 28.9 Å². The number of para-hydroxylation sites is 1. The van der Waals surface area contributed by atoms with E-state index in [9.17, 15) is 9.59 Å². The second-order valence-corrected chi connectivity index (χ2v) is 11.9. The van der Waals surface area contributed by atoms with E-state index in [1.165, 1.54) is 24.0 Å². The summed E-state index contributed by atoms with van der Waals surface area (Å²) in [5, 5.41) is 10.8. The van der Waals surface area contributed by atoms with Crippen LogP contribution in [0.5, 0.6) is 0 Å². The Labute approximate surface area is 236 Å². The Morgan fingerprint density at radius 2 is 1.88 bits per heavy atom. The molecule has 2 heterocycles. The molecule has 210 valence electrons. The normalized spacial score (nSPS) is 22.3. The van der Waals surface area contributed by atoms with Gasteiger partial charge in [0, 0.05) is 54.6 Å². The summed E-state index contributed by atoms with van der Waals surface area (Å²) >= 11 is 0. The SMILES string of the molecule is CN[C@@H]1CCC[C@H](CNC(=O)[C@@H](Cc2c[nH]c3ccccc23)NC(=O)N2CCC3(C=Cc4ccccc43)CC2)C1. The van der Waals surface area contributed by atoms with Gasteiger partial charge in [-0.05, 0) is 67.8 Å². The number of allylic oxidation sites excluding steroid dienone is 1. The molecule has 1 aliphatic heterocycles. The zero-order valence-electron chi connectivity index (χ0n) is 23.4. The summed E-state index contributed by atoms with van der Waals surface area (Å²) in [4.78, 5) is 32.3. The standard InChI is InChI=1S/C33H41N5O2/c1-34-26-9-6-7-23(19-26)21-36-31(39)30(20-25-22-35-29-12-5-3-10-27(25)29)37-32(40)38-17-15-33(16-18-38)14-13-24-8-2-4-11-28(24)33/h2-5,8,10-14,22-23,26,30,34-35H,6-7,9,15-21H2,1H3,(H,36,39)(H,37,40)/t23-,26+,30+/m0/s1. The fourth-order valence-corrected chi connectivity index (χ4v) is 7.06. The first kappa shape index (κ1) is 26.6. The van der Waals surface area contributed by atoms with E-state index < -0.39 is 6.04 Å². The van der Waals surface area contributed by atoms with E-state index in [0.29, 0.717) is 38.0 Å². The maximum atomic E-state index is 13.6. The Balaban J connectivity index is 1.13. The third-order valence-corrected chi connectivity index (χ3v) is 9.49. The van der Waals surface area contributed by atoms with Gasteiger partial charge in [0.2, 0.25) is 5.91 Å². The number of H-pyrrole nitrogens is 1. The molecular weight excluding hydrogens is 498 g/mol. The molecule has 2 aliphatic carbocycles. The van der Waals surface area contributed by atoms with Crippen LogP contribution in [-0.2, 0) is 16.6 Å². The minimum Gasteiger partial charge on any atom is -0.361 e. The number of piperidine rings is 1. The molecule has 1 saturated carbocycles. The molecule has 40 heavy (non-hydrogen) atoms. The van der Waals surface area contributed by atoms with Gasteiger partial charge >= 0.3 is 6.03 Å². The van der Waals surface area contributed by atoms with E-state index in [2.05, 4.69) is 63.4 Å². The number of aromatic nitrogens is 1. The van der Waals surface area contributed by atoms with Crippen molar-refractivity contribution in [3.05, 3.63) is 77.5 Å². The predicted molar refractivity (Wildman–Crippen MR) is 160 cm³/mol. The molecule has 3 atom stereocenters. The van der Waals surface area contributed by atoms with Gasteiger partial charge < -0.3 is 25.8 Å². The number of hydrogen-bond acceptors (Lipinski definition) is 3. The highest BCUT2D eigenvalue weighted by Crippen LogP contribution is 2.43. The number of aromatic amines is 1. The molecule has 2 fully saturated rings. The van der Waals surface area contributed by atoms with Crippen LogP contribution in [0.25, 0.3) is 17.0 Å². The van der Waals surface area contributed by atoms with Gasteiger partial charge in [-0.1, -0.05) is 61.0 Å². The van der Waals surface area contributed by atoms with Crippen molar-refractivity contribution in [1.29, 1.82) is 0 Å². The number of hydrogen-bond donors (Lipinski definition) is 4. The number of amides is 3. The van der Waals surface area contributed by atoms with Crippen LogP contribution in [-0.4, -0.2) is 60.6 Å². The predicted octanol–water partition coefficient (Wildman–Crippen LogP) is 4.74. The number of likely N-dealkylation sites (tertiary alicyclic amines) is 1. The highest BCUT2D eigenvalue weighted by Gasteiger charge is 2.39. The lowest BCUT2D eigenvalue weighted by molar-refractivity contribution is -0.123. The largest absolute Gasteiger partial charge is 0.361 e. The van der Waals surface area contributed by atoms with Gasteiger partial charge in [0.05, 0.1) is 0 Å². The van der Waals surface area contributed by atoms with Crippen molar-refractivity contribution < 1.29 is 9.59 Å². The van der Waals surface area contributed by atoms with E-state index in [1.54, 1.807) is 0 Å². The maximum Gasteiger partial charge on any atom is 0.318 e. The molecule has 1 aromatic heterocycles. The Morgan fingerprint density at radius 3 is 2.73 bits per heavy atom. The highest BCUT2D eigenvalue weighted by atomic mass is 16.2. The van der Waals surface area contributed by atoms with Crippen molar-refractivity contribution in [3.63, 3.8) is 0 Å². The zero-order valence-corrected chi connectivity index (χ0v) is 23.4. The van der Waals surface area contributed by atoms with Crippen LogP contribution < -0.4 is 16.0 Å². The summed E-state index contributed by atoms with van der Waals surface area (Å²) in [5.74, 6) is 0.353. The van der Waals surface area contributed by atoms with Gasteiger partial charge in [-0.25, -0.2) is 4.79 Å². The van der Waals surface area contributed by atoms with Crippen molar-refractivity contribution in [1.82, 2.24) is 25.8 Å². The van der Waals surface area contributed by atoms with Crippen molar-refractivity contribution in [3.8, 4) is 0 Å². The summed E-state index contributed by atoms with van der Waals surface area (Å²) in [7, 11) is 2.02. The average molecular weight is 540 g/mol. The van der Waals surface area contributed by atoms with E-state index in [1.807, 2.05) is 36.3 Å². The number of rotatable bonds is 7. The molecule has 2 aromatic carbocycles. The molecule has 1 spiro atoms. The summed E-state index contributed by atoms with van der Waals surface area (Å²) in [6.07, 6.45) is 13.3.